The number of nitrogens with one attached hydrogen (secondary N) is 3. The molecule has 0 aliphatic heterocycles. The first kappa shape index (κ1) is 21.0. The number of amides is 2. The Kier molecular flexibility index (Phi) is 7.63. The fourth-order valence-electron chi connectivity index (χ4n) is 2.42. The van der Waals surface area contributed by atoms with Gasteiger partial charge in [-0.05, 0) is 61.4 Å². The zero-order chi connectivity index (χ0) is 20.5. The second kappa shape index (κ2) is 10.2. The van der Waals surface area contributed by atoms with Gasteiger partial charge in [-0.15, -0.1) is 0 Å². The van der Waals surface area contributed by atoms with Crippen LogP contribution in [0.15, 0.2) is 54.6 Å². The van der Waals surface area contributed by atoms with E-state index in [2.05, 4.69) is 22.5 Å². The molecule has 3 N–H and O–H groups in total. The predicted octanol–water partition coefficient (Wildman–Crippen LogP) is 4.35. The largest absolute Gasteiger partial charge is 0.489 e. The highest BCUT2D eigenvalue weighted by atomic mass is 16.5. The van der Waals surface area contributed by atoms with Crippen molar-refractivity contribution >= 4 is 28.9 Å². The number of anilines is 3. The van der Waals surface area contributed by atoms with Gasteiger partial charge in [0.2, 0.25) is 11.8 Å². The Labute approximate surface area is 166 Å². The molecule has 0 spiro atoms. The summed E-state index contributed by atoms with van der Waals surface area (Å²) in [5.41, 5.74) is 4.05. The van der Waals surface area contributed by atoms with E-state index in [9.17, 15) is 9.59 Å². The first-order valence-electron chi connectivity index (χ1n) is 9.19. The molecule has 28 heavy (non-hydrogen) atoms. The van der Waals surface area contributed by atoms with Gasteiger partial charge in [0.15, 0.2) is 0 Å². The maximum absolute atomic E-state index is 12.2. The Morgan fingerprint density at radius 3 is 2.32 bits per heavy atom. The zero-order valence-electron chi connectivity index (χ0n) is 16.6. The third-order valence-corrected chi connectivity index (χ3v) is 3.99. The normalized spacial score (nSPS) is 10.1. The number of hydrogen-bond acceptors (Lipinski definition) is 4. The molecule has 2 aromatic rings. The molecule has 0 aliphatic carbocycles. The van der Waals surface area contributed by atoms with Crippen molar-refractivity contribution in [1.29, 1.82) is 0 Å². The quantitative estimate of drug-likeness (QED) is 0.564. The fraction of sp³-hybridized carbons (Fsp3) is 0.273. The third kappa shape index (κ3) is 6.46. The van der Waals surface area contributed by atoms with Gasteiger partial charge in [-0.2, -0.15) is 0 Å². The monoisotopic (exact) mass is 381 g/mol. The molecule has 6 nitrogen and oxygen atoms in total. The number of rotatable bonds is 9. The minimum absolute atomic E-state index is 0.0475. The van der Waals surface area contributed by atoms with Crippen LogP contribution in [-0.4, -0.2) is 25.0 Å². The summed E-state index contributed by atoms with van der Waals surface area (Å²) < 4.78 is 5.54. The van der Waals surface area contributed by atoms with Gasteiger partial charge in [-0.3, -0.25) is 9.59 Å². The molecule has 6 heteroatoms. The van der Waals surface area contributed by atoms with E-state index >= 15 is 0 Å². The van der Waals surface area contributed by atoms with E-state index in [-0.39, 0.29) is 18.4 Å². The van der Waals surface area contributed by atoms with Crippen molar-refractivity contribution in [2.45, 2.75) is 27.2 Å². The molecular formula is C22H27N3O3. The number of ether oxygens (including phenoxy) is 1. The summed E-state index contributed by atoms with van der Waals surface area (Å²) in [6.07, 6.45) is 0.413. The molecule has 0 saturated heterocycles. The van der Waals surface area contributed by atoms with Crippen molar-refractivity contribution in [2.75, 3.05) is 29.1 Å². The van der Waals surface area contributed by atoms with Crippen LogP contribution >= 0.6 is 0 Å². The van der Waals surface area contributed by atoms with Gasteiger partial charge in [0.25, 0.3) is 0 Å². The predicted molar refractivity (Wildman–Crippen MR) is 114 cm³/mol. The molecule has 0 atom stereocenters. The minimum Gasteiger partial charge on any atom is -0.489 e. The third-order valence-electron chi connectivity index (χ3n) is 3.99. The molecule has 2 rings (SSSR count). The SMILES string of the molecule is C=C(C)COc1ccc(NC(=O)CNc2cccc(NC(=O)CC)c2C)cc1. The lowest BCUT2D eigenvalue weighted by molar-refractivity contribution is -0.116. The Balaban J connectivity index is 1.89. The second-order valence-electron chi connectivity index (χ2n) is 6.55. The van der Waals surface area contributed by atoms with Crippen molar-refractivity contribution in [3.8, 4) is 5.75 Å². The molecule has 0 heterocycles. The van der Waals surface area contributed by atoms with E-state index in [1.165, 1.54) is 0 Å². The highest BCUT2D eigenvalue weighted by Crippen LogP contribution is 2.23. The average Bonchev–Trinajstić information content (AvgIpc) is 2.68. The minimum atomic E-state index is -0.169. The highest BCUT2D eigenvalue weighted by molar-refractivity contribution is 5.95. The average molecular weight is 381 g/mol. The summed E-state index contributed by atoms with van der Waals surface area (Å²) in [6, 6.07) is 12.7. The first-order valence-corrected chi connectivity index (χ1v) is 9.19. The van der Waals surface area contributed by atoms with Gasteiger partial charge in [0.1, 0.15) is 12.4 Å². The number of hydrogen-bond donors (Lipinski definition) is 3. The Morgan fingerprint density at radius 2 is 1.68 bits per heavy atom. The van der Waals surface area contributed by atoms with Gasteiger partial charge in [0, 0.05) is 23.5 Å². The topological polar surface area (TPSA) is 79.5 Å². The summed E-state index contributed by atoms with van der Waals surface area (Å²) in [4.78, 5) is 23.8. The van der Waals surface area contributed by atoms with Gasteiger partial charge >= 0.3 is 0 Å². The molecule has 0 saturated carbocycles. The molecular weight excluding hydrogens is 354 g/mol. The summed E-state index contributed by atoms with van der Waals surface area (Å²) in [5.74, 6) is 0.507. The van der Waals surface area contributed by atoms with Crippen molar-refractivity contribution in [1.82, 2.24) is 0 Å². The Bertz CT molecular complexity index is 845. The molecule has 0 radical (unpaired) electrons. The van der Waals surface area contributed by atoms with Crippen LogP contribution in [0.3, 0.4) is 0 Å². The van der Waals surface area contributed by atoms with Crippen LogP contribution in [0.2, 0.25) is 0 Å². The molecule has 0 aliphatic rings. The van der Waals surface area contributed by atoms with Crippen LogP contribution in [0.1, 0.15) is 25.8 Å². The first-order chi connectivity index (χ1) is 13.4. The molecule has 0 unspecified atom stereocenters. The fourth-order valence-corrected chi connectivity index (χ4v) is 2.42. The van der Waals surface area contributed by atoms with Gasteiger partial charge in [0.05, 0.1) is 6.54 Å². The summed E-state index contributed by atoms with van der Waals surface area (Å²) in [6.45, 7) is 9.97. The Hall–Kier alpha value is -3.28. The van der Waals surface area contributed by atoms with Crippen LogP contribution in [0.4, 0.5) is 17.1 Å². The summed E-state index contributed by atoms with van der Waals surface area (Å²) in [5, 5.41) is 8.80. The lowest BCUT2D eigenvalue weighted by Crippen LogP contribution is -2.22. The van der Waals surface area contributed by atoms with E-state index in [1.54, 1.807) is 31.2 Å². The molecule has 0 aromatic heterocycles. The number of carbonyl (C=O) groups is 2. The zero-order valence-corrected chi connectivity index (χ0v) is 16.6. The Morgan fingerprint density at radius 1 is 1.00 bits per heavy atom. The van der Waals surface area contributed by atoms with E-state index in [0.29, 0.717) is 18.7 Å². The van der Waals surface area contributed by atoms with Crippen molar-refractivity contribution < 1.29 is 14.3 Å². The molecule has 148 valence electrons. The van der Waals surface area contributed by atoms with Gasteiger partial charge < -0.3 is 20.7 Å². The molecule has 0 fully saturated rings. The lowest BCUT2D eigenvalue weighted by atomic mass is 10.1. The molecule has 2 amide bonds. The maximum atomic E-state index is 12.2. The standard InChI is InChI=1S/C22H27N3O3/c1-5-21(26)25-20-8-6-7-19(16(20)4)23-13-22(27)24-17-9-11-18(12-10-17)28-14-15(2)3/h6-12,23H,2,5,13-14H2,1,3-4H3,(H,24,27)(H,25,26). The van der Waals surface area contributed by atoms with E-state index < -0.39 is 0 Å². The smallest absolute Gasteiger partial charge is 0.243 e. The van der Waals surface area contributed by atoms with Crippen molar-refractivity contribution in [3.63, 3.8) is 0 Å². The van der Waals surface area contributed by atoms with Crippen LogP contribution in [-0.2, 0) is 9.59 Å². The van der Waals surface area contributed by atoms with Crippen LogP contribution in [0.5, 0.6) is 5.75 Å². The van der Waals surface area contributed by atoms with E-state index in [4.69, 9.17) is 4.74 Å². The summed E-state index contributed by atoms with van der Waals surface area (Å²) in [7, 11) is 0. The van der Waals surface area contributed by atoms with Crippen molar-refractivity contribution in [2.24, 2.45) is 0 Å². The summed E-state index contributed by atoms with van der Waals surface area (Å²) >= 11 is 0. The van der Waals surface area contributed by atoms with Crippen molar-refractivity contribution in [3.05, 3.63) is 60.2 Å². The lowest BCUT2D eigenvalue weighted by Gasteiger charge is -2.14. The molecule has 2 aromatic carbocycles. The second-order valence-corrected chi connectivity index (χ2v) is 6.55. The van der Waals surface area contributed by atoms with Crippen LogP contribution in [0, 0.1) is 6.92 Å². The van der Waals surface area contributed by atoms with E-state index in [1.807, 2.05) is 32.0 Å². The number of carbonyl (C=O) groups excluding carboxylic acids is 2. The van der Waals surface area contributed by atoms with Crippen LogP contribution in [0.25, 0.3) is 0 Å². The van der Waals surface area contributed by atoms with Gasteiger partial charge in [-0.1, -0.05) is 19.6 Å². The maximum Gasteiger partial charge on any atom is 0.243 e. The van der Waals surface area contributed by atoms with E-state index in [0.717, 1.165) is 28.3 Å². The van der Waals surface area contributed by atoms with Crippen LogP contribution < -0.4 is 20.7 Å². The van der Waals surface area contributed by atoms with Gasteiger partial charge in [-0.25, -0.2) is 0 Å². The molecule has 0 bridgehead atoms. The number of benzene rings is 2. The highest BCUT2D eigenvalue weighted by Gasteiger charge is 2.08.